The van der Waals surface area contributed by atoms with Gasteiger partial charge in [0.25, 0.3) is 0 Å². The molecule has 1 aromatic carbocycles. The van der Waals surface area contributed by atoms with Crippen LogP contribution in [0.2, 0.25) is 5.02 Å². The Balaban J connectivity index is 2.66. The first-order valence-electron chi connectivity index (χ1n) is 5.27. The fourth-order valence-corrected chi connectivity index (χ4v) is 1.46. The molecule has 0 aliphatic heterocycles. The van der Waals surface area contributed by atoms with Crippen molar-refractivity contribution < 1.29 is 5.11 Å². The molecule has 4 heteroatoms. The minimum absolute atomic E-state index is 0.0153. The molecule has 0 aliphatic rings. The molecule has 0 aromatic heterocycles. The molecule has 1 atom stereocenters. The van der Waals surface area contributed by atoms with Crippen molar-refractivity contribution in [1.82, 2.24) is 5.32 Å². The topological polar surface area (TPSA) is 58.3 Å². The molecule has 0 amide bonds. The summed E-state index contributed by atoms with van der Waals surface area (Å²) in [4.78, 5) is 0. The van der Waals surface area contributed by atoms with Gasteiger partial charge in [-0.3, -0.25) is 0 Å². The van der Waals surface area contributed by atoms with Crippen LogP contribution in [0.4, 0.5) is 5.69 Å². The molecule has 0 saturated heterocycles. The second-order valence-corrected chi connectivity index (χ2v) is 5.33. The molecule has 0 aliphatic carbocycles. The van der Waals surface area contributed by atoms with Crippen molar-refractivity contribution in [2.45, 2.75) is 32.4 Å². The van der Waals surface area contributed by atoms with Gasteiger partial charge in [0, 0.05) is 12.1 Å². The van der Waals surface area contributed by atoms with E-state index in [4.69, 9.17) is 17.3 Å². The first-order chi connectivity index (χ1) is 7.29. The third kappa shape index (κ3) is 4.00. The van der Waals surface area contributed by atoms with Crippen LogP contribution in [0.25, 0.3) is 0 Å². The molecule has 4 N–H and O–H groups in total. The highest BCUT2D eigenvalue weighted by atomic mass is 35.5. The van der Waals surface area contributed by atoms with Crippen molar-refractivity contribution in [3.63, 3.8) is 0 Å². The Morgan fingerprint density at radius 3 is 2.56 bits per heavy atom. The zero-order valence-corrected chi connectivity index (χ0v) is 10.7. The predicted octanol–water partition coefficient (Wildman–Crippen LogP) is 2.34. The molecule has 1 aromatic rings. The smallest absolute Gasteiger partial charge is 0.0915 e. The van der Waals surface area contributed by atoms with E-state index in [0.717, 1.165) is 5.56 Å². The summed E-state index contributed by atoms with van der Waals surface area (Å²) in [6.07, 6.45) is -0.572. The summed E-state index contributed by atoms with van der Waals surface area (Å²) in [6.45, 7) is 6.64. The highest BCUT2D eigenvalue weighted by Gasteiger charge is 2.14. The van der Waals surface area contributed by atoms with E-state index in [-0.39, 0.29) is 5.54 Å². The van der Waals surface area contributed by atoms with E-state index in [2.05, 4.69) is 26.1 Å². The van der Waals surface area contributed by atoms with Crippen LogP contribution in [-0.4, -0.2) is 17.2 Å². The third-order valence-electron chi connectivity index (χ3n) is 2.24. The van der Waals surface area contributed by atoms with Gasteiger partial charge in [-0.15, -0.1) is 0 Å². The normalized spacial score (nSPS) is 13.8. The van der Waals surface area contributed by atoms with Gasteiger partial charge >= 0.3 is 0 Å². The first-order valence-corrected chi connectivity index (χ1v) is 5.65. The van der Waals surface area contributed by atoms with Crippen molar-refractivity contribution in [2.75, 3.05) is 12.3 Å². The largest absolute Gasteiger partial charge is 0.398 e. The number of aliphatic hydroxyl groups excluding tert-OH is 1. The summed E-state index contributed by atoms with van der Waals surface area (Å²) in [5.41, 5.74) is 6.89. The van der Waals surface area contributed by atoms with Crippen molar-refractivity contribution in [1.29, 1.82) is 0 Å². The molecular formula is C12H19ClN2O. The van der Waals surface area contributed by atoms with E-state index in [1.165, 1.54) is 0 Å². The number of hydrogen-bond acceptors (Lipinski definition) is 3. The van der Waals surface area contributed by atoms with E-state index in [1.807, 2.05) is 0 Å². The second-order valence-electron chi connectivity index (χ2n) is 4.93. The molecule has 0 saturated carbocycles. The van der Waals surface area contributed by atoms with Crippen LogP contribution < -0.4 is 11.1 Å². The maximum absolute atomic E-state index is 9.94. The lowest BCUT2D eigenvalue weighted by Crippen LogP contribution is -2.38. The summed E-state index contributed by atoms with van der Waals surface area (Å²) in [7, 11) is 0. The lowest BCUT2D eigenvalue weighted by Gasteiger charge is -2.23. The standard InChI is InChI=1S/C12H19ClN2O/c1-12(2,3)15-7-11(16)8-4-5-10(14)9(13)6-8/h4-6,11,15-16H,7,14H2,1-3H3. The number of halogens is 1. The summed E-state index contributed by atoms with van der Waals surface area (Å²) in [5.74, 6) is 0. The molecule has 0 spiro atoms. The summed E-state index contributed by atoms with van der Waals surface area (Å²) in [5, 5.41) is 13.6. The first kappa shape index (κ1) is 13.3. The average Bonchev–Trinajstić information content (AvgIpc) is 2.17. The van der Waals surface area contributed by atoms with E-state index < -0.39 is 6.10 Å². The Morgan fingerprint density at radius 2 is 2.06 bits per heavy atom. The Kier molecular flexibility index (Phi) is 4.19. The molecule has 1 rings (SSSR count). The van der Waals surface area contributed by atoms with Crippen LogP contribution >= 0.6 is 11.6 Å². The highest BCUT2D eigenvalue weighted by Crippen LogP contribution is 2.23. The van der Waals surface area contributed by atoms with E-state index in [9.17, 15) is 5.11 Å². The Bertz CT molecular complexity index is 361. The number of nitrogen functional groups attached to an aromatic ring is 1. The van der Waals surface area contributed by atoms with Crippen LogP contribution in [0.15, 0.2) is 18.2 Å². The number of nitrogens with two attached hydrogens (primary N) is 1. The van der Waals surface area contributed by atoms with Gasteiger partial charge in [0.15, 0.2) is 0 Å². The van der Waals surface area contributed by atoms with Gasteiger partial charge in [0.05, 0.1) is 16.8 Å². The second kappa shape index (κ2) is 5.04. The van der Waals surface area contributed by atoms with Crippen LogP contribution in [0.5, 0.6) is 0 Å². The average molecular weight is 243 g/mol. The Morgan fingerprint density at radius 1 is 1.44 bits per heavy atom. The van der Waals surface area contributed by atoms with Gasteiger partial charge in [0.2, 0.25) is 0 Å². The molecule has 0 radical (unpaired) electrons. The molecule has 90 valence electrons. The van der Waals surface area contributed by atoms with Gasteiger partial charge < -0.3 is 16.2 Å². The number of rotatable bonds is 3. The van der Waals surface area contributed by atoms with Crippen molar-refractivity contribution >= 4 is 17.3 Å². The minimum atomic E-state index is -0.572. The molecule has 0 bridgehead atoms. The number of benzene rings is 1. The summed E-state index contributed by atoms with van der Waals surface area (Å²) in [6, 6.07) is 5.19. The molecule has 1 unspecified atom stereocenters. The van der Waals surface area contributed by atoms with Crippen molar-refractivity contribution in [3.05, 3.63) is 28.8 Å². The van der Waals surface area contributed by atoms with Gasteiger partial charge in [-0.05, 0) is 38.5 Å². The summed E-state index contributed by atoms with van der Waals surface area (Å²) >= 11 is 5.89. The Labute approximate surface area is 102 Å². The van der Waals surface area contributed by atoms with Crippen molar-refractivity contribution in [3.8, 4) is 0 Å². The van der Waals surface area contributed by atoms with Gasteiger partial charge in [-0.25, -0.2) is 0 Å². The van der Waals surface area contributed by atoms with E-state index in [0.29, 0.717) is 17.3 Å². The van der Waals surface area contributed by atoms with E-state index >= 15 is 0 Å². The van der Waals surface area contributed by atoms with Crippen LogP contribution in [0.3, 0.4) is 0 Å². The van der Waals surface area contributed by atoms with Crippen LogP contribution in [0.1, 0.15) is 32.4 Å². The maximum atomic E-state index is 9.94. The number of aliphatic hydroxyl groups is 1. The molecule has 16 heavy (non-hydrogen) atoms. The number of β-amino-alcohol motifs (C(OH)–C–C–N with tert-alkyl or cyclic N) is 1. The van der Waals surface area contributed by atoms with E-state index in [1.54, 1.807) is 18.2 Å². The third-order valence-corrected chi connectivity index (χ3v) is 2.56. The lowest BCUT2D eigenvalue weighted by molar-refractivity contribution is 0.163. The predicted molar refractivity (Wildman–Crippen MR) is 68.6 cm³/mol. The number of anilines is 1. The zero-order valence-electron chi connectivity index (χ0n) is 9.92. The SMILES string of the molecule is CC(C)(C)NCC(O)c1ccc(N)c(Cl)c1. The molecule has 3 nitrogen and oxygen atoms in total. The molecule has 0 fully saturated rings. The van der Waals surface area contributed by atoms with Gasteiger partial charge in [-0.2, -0.15) is 0 Å². The van der Waals surface area contributed by atoms with Crippen molar-refractivity contribution in [2.24, 2.45) is 0 Å². The lowest BCUT2D eigenvalue weighted by atomic mass is 10.1. The zero-order chi connectivity index (χ0) is 12.3. The Hall–Kier alpha value is -0.770. The fourth-order valence-electron chi connectivity index (χ4n) is 1.27. The molecular weight excluding hydrogens is 224 g/mol. The quantitative estimate of drug-likeness (QED) is 0.713. The summed E-state index contributed by atoms with van der Waals surface area (Å²) < 4.78 is 0. The fraction of sp³-hybridized carbons (Fsp3) is 0.500. The van der Waals surface area contributed by atoms with Crippen LogP contribution in [0, 0.1) is 0 Å². The monoisotopic (exact) mass is 242 g/mol. The van der Waals surface area contributed by atoms with Crippen LogP contribution in [-0.2, 0) is 0 Å². The van der Waals surface area contributed by atoms with Gasteiger partial charge in [0.1, 0.15) is 0 Å². The number of nitrogens with one attached hydrogen (secondary N) is 1. The minimum Gasteiger partial charge on any atom is -0.398 e. The number of hydrogen-bond donors (Lipinski definition) is 3. The highest BCUT2D eigenvalue weighted by molar-refractivity contribution is 6.33. The maximum Gasteiger partial charge on any atom is 0.0915 e. The molecule has 0 heterocycles. The van der Waals surface area contributed by atoms with Gasteiger partial charge in [-0.1, -0.05) is 17.7 Å².